The summed E-state index contributed by atoms with van der Waals surface area (Å²) in [6.45, 7) is 1.60. The number of carbonyl (C=O) groups is 1. The van der Waals surface area contributed by atoms with E-state index in [1.54, 1.807) is 13.0 Å². The second-order valence-corrected chi connectivity index (χ2v) is 13.7. The van der Waals surface area contributed by atoms with Gasteiger partial charge < -0.3 is 5.11 Å². The van der Waals surface area contributed by atoms with Gasteiger partial charge in [0.1, 0.15) is 5.82 Å². The summed E-state index contributed by atoms with van der Waals surface area (Å²) >= 11 is 1.29. The van der Waals surface area contributed by atoms with E-state index in [0.29, 0.717) is 5.75 Å². The first kappa shape index (κ1) is 23.9. The normalized spacial score (nSPS) is 28.7. The van der Waals surface area contributed by atoms with Crippen molar-refractivity contribution in [1.29, 1.82) is 0 Å². The van der Waals surface area contributed by atoms with Crippen molar-refractivity contribution in [2.24, 2.45) is 23.7 Å². The Kier molecular flexibility index (Phi) is 6.30. The van der Waals surface area contributed by atoms with Gasteiger partial charge in [-0.1, -0.05) is 19.1 Å². The first-order valence-corrected chi connectivity index (χ1v) is 14.7. The lowest BCUT2D eigenvalue weighted by molar-refractivity contribution is -0.140. The molecule has 0 heterocycles. The van der Waals surface area contributed by atoms with Gasteiger partial charge in [-0.2, -0.15) is 11.8 Å². The highest BCUT2D eigenvalue weighted by atomic mass is 32.2. The van der Waals surface area contributed by atoms with E-state index in [2.05, 4.69) is 6.07 Å². The zero-order chi connectivity index (χ0) is 24.1. The van der Waals surface area contributed by atoms with Gasteiger partial charge in [0.25, 0.3) is 0 Å². The van der Waals surface area contributed by atoms with E-state index in [-0.39, 0.29) is 26.5 Å². The minimum atomic E-state index is -3.80. The van der Waals surface area contributed by atoms with Crippen LogP contribution < -0.4 is 0 Å². The summed E-state index contributed by atoms with van der Waals surface area (Å²) in [5.41, 5.74) is 1.53. The molecule has 2 aromatic rings. The molecule has 4 saturated carbocycles. The summed E-state index contributed by atoms with van der Waals surface area (Å²) in [5, 5.41) is 9.03. The van der Waals surface area contributed by atoms with Gasteiger partial charge in [0.15, 0.2) is 0 Å². The zero-order valence-electron chi connectivity index (χ0n) is 19.4. The topological polar surface area (TPSA) is 71.4 Å². The fraction of sp³-hybridized carbons (Fsp3) is 0.519. The predicted molar refractivity (Wildman–Crippen MR) is 131 cm³/mol. The van der Waals surface area contributed by atoms with Gasteiger partial charge in [-0.25, -0.2) is 12.8 Å². The van der Waals surface area contributed by atoms with E-state index in [9.17, 15) is 17.6 Å². The van der Waals surface area contributed by atoms with Crippen molar-refractivity contribution in [1.82, 2.24) is 0 Å². The van der Waals surface area contributed by atoms with Gasteiger partial charge in [-0.05, 0) is 103 Å². The van der Waals surface area contributed by atoms with Crippen LogP contribution in [0.25, 0.3) is 0 Å². The molecular formula is C27H31FO4S2. The lowest BCUT2D eigenvalue weighted by Gasteiger charge is -2.57. The summed E-state index contributed by atoms with van der Waals surface area (Å²) in [4.78, 5) is 11.4. The number of thioether (sulfide) groups is 1. The number of sulfone groups is 1. The number of rotatable bonds is 8. The Morgan fingerprint density at radius 3 is 2.29 bits per heavy atom. The number of carboxylic acid groups (broad SMARTS) is 1. The van der Waals surface area contributed by atoms with Gasteiger partial charge in [-0.15, -0.1) is 0 Å². The first-order valence-electron chi connectivity index (χ1n) is 12.1. The monoisotopic (exact) mass is 502 g/mol. The van der Waals surface area contributed by atoms with Crippen molar-refractivity contribution < 1.29 is 22.7 Å². The van der Waals surface area contributed by atoms with Crippen LogP contribution in [0.1, 0.15) is 56.6 Å². The molecule has 4 aliphatic carbocycles. The molecule has 4 aliphatic rings. The smallest absolute Gasteiger partial charge is 0.307 e. The molecule has 4 fully saturated rings. The van der Waals surface area contributed by atoms with Crippen LogP contribution in [-0.2, 0) is 25.8 Å². The molecule has 182 valence electrons. The van der Waals surface area contributed by atoms with Crippen molar-refractivity contribution >= 4 is 27.6 Å². The van der Waals surface area contributed by atoms with E-state index in [0.717, 1.165) is 42.6 Å². The lowest BCUT2D eigenvalue weighted by Crippen LogP contribution is -2.48. The number of benzene rings is 2. The van der Waals surface area contributed by atoms with E-state index < -0.39 is 27.5 Å². The van der Waals surface area contributed by atoms with Crippen LogP contribution in [0, 0.1) is 29.5 Å². The highest BCUT2D eigenvalue weighted by molar-refractivity contribution is 7.98. The van der Waals surface area contributed by atoms with Gasteiger partial charge in [0.2, 0.25) is 9.84 Å². The average Bonchev–Trinajstić information content (AvgIpc) is 2.79. The molecule has 0 radical (unpaired) electrons. The Labute approximate surface area is 205 Å². The Morgan fingerprint density at radius 1 is 1.06 bits per heavy atom. The Hall–Kier alpha value is -1.86. The third-order valence-electron chi connectivity index (χ3n) is 8.17. The van der Waals surface area contributed by atoms with Crippen molar-refractivity contribution in [3.63, 3.8) is 0 Å². The number of carboxylic acids is 1. The zero-order valence-corrected chi connectivity index (χ0v) is 21.0. The molecule has 1 unspecified atom stereocenters. The molecule has 0 aliphatic heterocycles. The molecule has 0 spiro atoms. The summed E-state index contributed by atoms with van der Waals surface area (Å²) in [6.07, 6.45) is 7.48. The first-order chi connectivity index (χ1) is 16.2. The molecule has 6 rings (SSSR count). The molecule has 34 heavy (non-hydrogen) atoms. The minimum absolute atomic E-state index is 0.0819. The second-order valence-electron chi connectivity index (χ2n) is 10.7. The Balaban J connectivity index is 1.40. The highest BCUT2D eigenvalue weighted by Crippen LogP contribution is 2.60. The number of aliphatic carboxylic acids is 1. The molecule has 1 atom stereocenters. The second kappa shape index (κ2) is 8.98. The molecular weight excluding hydrogens is 471 g/mol. The van der Waals surface area contributed by atoms with Gasteiger partial charge in [0, 0.05) is 11.5 Å². The van der Waals surface area contributed by atoms with Crippen LogP contribution in [-0.4, -0.2) is 25.2 Å². The van der Waals surface area contributed by atoms with Crippen LogP contribution in [0.3, 0.4) is 0 Å². The van der Waals surface area contributed by atoms with Crippen LogP contribution in [0.4, 0.5) is 4.39 Å². The fourth-order valence-electron chi connectivity index (χ4n) is 6.84. The molecule has 4 bridgehead atoms. The van der Waals surface area contributed by atoms with E-state index in [4.69, 9.17) is 5.11 Å². The summed E-state index contributed by atoms with van der Waals surface area (Å²) < 4.78 is 41.5. The van der Waals surface area contributed by atoms with Crippen molar-refractivity contribution in [2.75, 3.05) is 5.75 Å². The predicted octanol–water partition coefficient (Wildman–Crippen LogP) is 6.08. The largest absolute Gasteiger partial charge is 0.481 e. The van der Waals surface area contributed by atoms with Crippen LogP contribution in [0.5, 0.6) is 0 Å². The summed E-state index contributed by atoms with van der Waals surface area (Å²) in [6, 6.07) is 11.4. The molecule has 4 nitrogen and oxygen atoms in total. The Morgan fingerprint density at radius 2 is 1.68 bits per heavy atom. The van der Waals surface area contributed by atoms with E-state index >= 15 is 0 Å². The van der Waals surface area contributed by atoms with Crippen molar-refractivity contribution in [2.45, 2.75) is 66.4 Å². The van der Waals surface area contributed by atoms with Crippen molar-refractivity contribution in [3.05, 3.63) is 59.4 Å². The fourth-order valence-corrected chi connectivity index (χ4v) is 9.25. The van der Waals surface area contributed by atoms with E-state index in [1.165, 1.54) is 49.2 Å². The SMILES string of the molecule is CC(CSCc1cc(S(=O)(=O)c2cccc(C34CC5CC(CC(C5)C3)C4)c2)ccc1F)C(=O)O. The molecule has 0 amide bonds. The van der Waals surface area contributed by atoms with Crippen LogP contribution >= 0.6 is 11.8 Å². The highest BCUT2D eigenvalue weighted by Gasteiger charge is 2.51. The Bertz CT molecular complexity index is 1170. The third-order valence-corrected chi connectivity index (χ3v) is 11.2. The van der Waals surface area contributed by atoms with Crippen molar-refractivity contribution in [3.8, 4) is 0 Å². The molecule has 0 saturated heterocycles. The molecule has 7 heteroatoms. The summed E-state index contributed by atoms with van der Waals surface area (Å²) in [7, 11) is -3.80. The van der Waals surface area contributed by atoms with E-state index in [1.807, 2.05) is 12.1 Å². The molecule has 2 aromatic carbocycles. The van der Waals surface area contributed by atoms with Gasteiger partial charge in [0.05, 0.1) is 15.7 Å². The van der Waals surface area contributed by atoms with Crippen LogP contribution in [0.2, 0.25) is 0 Å². The maximum Gasteiger partial charge on any atom is 0.307 e. The van der Waals surface area contributed by atoms with Crippen LogP contribution in [0.15, 0.2) is 52.3 Å². The maximum atomic E-state index is 14.4. The molecule has 1 N–H and O–H groups in total. The quantitative estimate of drug-likeness (QED) is 0.443. The lowest BCUT2D eigenvalue weighted by atomic mass is 9.48. The molecule has 0 aromatic heterocycles. The van der Waals surface area contributed by atoms with Gasteiger partial charge in [-0.3, -0.25) is 4.79 Å². The third kappa shape index (κ3) is 4.41. The number of hydrogen-bond donors (Lipinski definition) is 1. The standard InChI is InChI=1S/C27H31FO4S2/c1-17(26(29)30)15-33-16-21-10-24(5-6-25(21)28)34(31,32)23-4-2-3-22(11-23)27-12-18-7-19(13-27)9-20(8-18)14-27/h2-6,10-11,17-20H,7-9,12-16H2,1H3,(H,29,30). The summed E-state index contributed by atoms with van der Waals surface area (Å²) in [5.74, 6) is 0.943. The average molecular weight is 503 g/mol. The maximum absolute atomic E-state index is 14.4. The number of hydrogen-bond acceptors (Lipinski definition) is 4. The van der Waals surface area contributed by atoms with Gasteiger partial charge >= 0.3 is 5.97 Å². The number of halogens is 1. The minimum Gasteiger partial charge on any atom is -0.481 e.